The molecule has 2 N–H and O–H groups in total. The van der Waals surface area contributed by atoms with E-state index in [0.29, 0.717) is 41.1 Å². The van der Waals surface area contributed by atoms with Crippen molar-refractivity contribution in [1.29, 1.82) is 0 Å². The van der Waals surface area contributed by atoms with Crippen molar-refractivity contribution >= 4 is 22.6 Å². The molecule has 0 atom stereocenters. The maximum atomic E-state index is 13.1. The van der Waals surface area contributed by atoms with E-state index in [1.165, 1.54) is 11.1 Å². The summed E-state index contributed by atoms with van der Waals surface area (Å²) in [5.41, 5.74) is 4.20. The normalized spacial score (nSPS) is 11.3. The fourth-order valence-corrected chi connectivity index (χ4v) is 4.75. The van der Waals surface area contributed by atoms with Gasteiger partial charge in [-0.15, -0.1) is 0 Å². The van der Waals surface area contributed by atoms with Crippen LogP contribution in [-0.2, 0) is 12.0 Å². The van der Waals surface area contributed by atoms with Crippen LogP contribution in [0.4, 0.5) is 5.69 Å². The van der Waals surface area contributed by atoms with Crippen molar-refractivity contribution in [3.05, 3.63) is 111 Å². The van der Waals surface area contributed by atoms with Gasteiger partial charge in [-0.2, -0.15) is 0 Å². The van der Waals surface area contributed by atoms with Crippen molar-refractivity contribution in [3.8, 4) is 11.5 Å². The Labute approximate surface area is 247 Å². The van der Waals surface area contributed by atoms with E-state index >= 15 is 0 Å². The number of amides is 1. The first-order valence-electron chi connectivity index (χ1n) is 14.2. The summed E-state index contributed by atoms with van der Waals surface area (Å²) in [6.45, 7) is 11.5. The van der Waals surface area contributed by atoms with Crippen molar-refractivity contribution in [3.63, 3.8) is 0 Å². The minimum absolute atomic E-state index is 0.0781. The molecule has 1 heterocycles. The van der Waals surface area contributed by atoms with Gasteiger partial charge in [-0.1, -0.05) is 42.0 Å². The molecule has 3 aromatic carbocycles. The zero-order valence-electron chi connectivity index (χ0n) is 25.3. The summed E-state index contributed by atoms with van der Waals surface area (Å²) in [4.78, 5) is 25.9. The molecule has 0 aliphatic rings. The Morgan fingerprint density at radius 1 is 1.00 bits per heavy atom. The second-order valence-electron chi connectivity index (χ2n) is 11.1. The van der Waals surface area contributed by atoms with Gasteiger partial charge in [-0.25, -0.2) is 4.79 Å². The predicted molar refractivity (Wildman–Crippen MR) is 169 cm³/mol. The summed E-state index contributed by atoms with van der Waals surface area (Å²) >= 11 is 0. The number of nitrogens with one attached hydrogen (secondary N) is 2. The van der Waals surface area contributed by atoms with Gasteiger partial charge in [-0.3, -0.25) is 4.79 Å². The molecule has 0 unspecified atom stereocenters. The molecule has 4 rings (SSSR count). The van der Waals surface area contributed by atoms with Gasteiger partial charge >= 0.3 is 5.63 Å². The maximum Gasteiger partial charge on any atom is 0.360 e. The first kappa shape index (κ1) is 30.6. The van der Waals surface area contributed by atoms with Crippen molar-refractivity contribution in [2.45, 2.75) is 53.0 Å². The number of anilines is 1. The van der Waals surface area contributed by atoms with Gasteiger partial charge in [-0.05, 0) is 102 Å². The lowest BCUT2D eigenvalue weighted by Crippen LogP contribution is -2.37. The molecule has 7 nitrogen and oxygen atoms in total. The number of fused-ring (bicyclic) bond motifs is 1. The minimum atomic E-state index is -0.623. The van der Waals surface area contributed by atoms with E-state index in [-0.39, 0.29) is 11.2 Å². The lowest BCUT2D eigenvalue weighted by atomic mass is 9.94. The van der Waals surface area contributed by atoms with E-state index in [1.807, 2.05) is 51.1 Å². The zero-order chi connectivity index (χ0) is 30.3. The van der Waals surface area contributed by atoms with Gasteiger partial charge in [0.15, 0.2) is 0 Å². The molecule has 0 bridgehead atoms. The fraction of sp³-hybridized carbons (Fsp3) is 0.314. The molecular formula is C35H40N2O5. The Kier molecular flexibility index (Phi) is 9.86. The highest BCUT2D eigenvalue weighted by Gasteiger charge is 2.19. The van der Waals surface area contributed by atoms with Gasteiger partial charge < -0.3 is 24.5 Å². The number of hydrogen-bond acceptors (Lipinski definition) is 6. The van der Waals surface area contributed by atoms with Crippen LogP contribution in [0.1, 0.15) is 61.2 Å². The van der Waals surface area contributed by atoms with Crippen molar-refractivity contribution in [1.82, 2.24) is 5.32 Å². The Morgan fingerprint density at radius 3 is 2.45 bits per heavy atom. The topological polar surface area (TPSA) is 89.8 Å². The van der Waals surface area contributed by atoms with Crippen LogP contribution in [-0.4, -0.2) is 26.2 Å². The summed E-state index contributed by atoms with van der Waals surface area (Å²) in [6, 6.07) is 20.9. The van der Waals surface area contributed by atoms with Crippen LogP contribution in [0.5, 0.6) is 11.5 Å². The Morgan fingerprint density at radius 2 is 1.74 bits per heavy atom. The summed E-state index contributed by atoms with van der Waals surface area (Å²) in [7, 11) is 1.60. The summed E-state index contributed by atoms with van der Waals surface area (Å²) in [6.07, 6.45) is 3.52. The second-order valence-corrected chi connectivity index (χ2v) is 11.1. The van der Waals surface area contributed by atoms with E-state index in [9.17, 15) is 9.59 Å². The van der Waals surface area contributed by atoms with E-state index in [0.717, 1.165) is 24.1 Å². The number of aryl methyl sites for hydroxylation is 1. The molecule has 1 amide bonds. The third-order valence-electron chi connectivity index (χ3n) is 7.26. The van der Waals surface area contributed by atoms with Gasteiger partial charge in [0, 0.05) is 22.1 Å². The molecule has 0 aliphatic heterocycles. The van der Waals surface area contributed by atoms with Crippen molar-refractivity contribution in [2.24, 2.45) is 0 Å². The molecule has 0 spiro atoms. The Balaban J connectivity index is 1.41. The van der Waals surface area contributed by atoms with Crippen LogP contribution in [0, 0.1) is 6.92 Å². The molecule has 0 saturated heterocycles. The van der Waals surface area contributed by atoms with Crippen molar-refractivity contribution < 1.29 is 18.7 Å². The van der Waals surface area contributed by atoms with E-state index in [2.05, 4.69) is 42.7 Å². The number of rotatable bonds is 12. The SMILES string of the molecule is COc1ccc(C(=O)Nc2cc3ccc(OCCCNC(C)(C)c4ccccc4)c(C)c3oc2=O)cc1CC=C(C)C. The first-order chi connectivity index (χ1) is 20.1. The predicted octanol–water partition coefficient (Wildman–Crippen LogP) is 7.16. The van der Waals surface area contributed by atoms with Crippen LogP contribution in [0.25, 0.3) is 11.0 Å². The lowest BCUT2D eigenvalue weighted by molar-refractivity contribution is 0.102. The second kappa shape index (κ2) is 13.5. The molecule has 1 aromatic heterocycles. The molecule has 0 radical (unpaired) electrons. The summed E-state index contributed by atoms with van der Waals surface area (Å²) < 4.78 is 17.1. The van der Waals surface area contributed by atoms with E-state index in [1.54, 1.807) is 31.4 Å². The van der Waals surface area contributed by atoms with Gasteiger partial charge in [0.05, 0.1) is 13.7 Å². The fourth-order valence-electron chi connectivity index (χ4n) is 4.75. The van der Waals surface area contributed by atoms with Crippen molar-refractivity contribution in [2.75, 3.05) is 25.6 Å². The third-order valence-corrected chi connectivity index (χ3v) is 7.26. The first-order valence-corrected chi connectivity index (χ1v) is 14.2. The van der Waals surface area contributed by atoms with E-state index in [4.69, 9.17) is 13.9 Å². The monoisotopic (exact) mass is 568 g/mol. The van der Waals surface area contributed by atoms with Crippen LogP contribution in [0.15, 0.2) is 87.6 Å². The number of carbonyl (C=O) groups excluding carboxylic acids is 1. The maximum absolute atomic E-state index is 13.1. The highest BCUT2D eigenvalue weighted by atomic mass is 16.5. The largest absolute Gasteiger partial charge is 0.496 e. The molecule has 0 aliphatic carbocycles. The van der Waals surface area contributed by atoms with Crippen LogP contribution < -0.4 is 25.7 Å². The number of ether oxygens (including phenoxy) is 2. The quantitative estimate of drug-likeness (QED) is 0.107. The highest BCUT2D eigenvalue weighted by molar-refractivity contribution is 6.05. The van der Waals surface area contributed by atoms with Crippen LogP contribution >= 0.6 is 0 Å². The Hall–Kier alpha value is -4.36. The highest BCUT2D eigenvalue weighted by Crippen LogP contribution is 2.28. The van der Waals surface area contributed by atoms with E-state index < -0.39 is 11.5 Å². The number of allylic oxidation sites excluding steroid dienone is 2. The number of methoxy groups -OCH3 is 1. The smallest absolute Gasteiger partial charge is 0.360 e. The molecule has 4 aromatic rings. The third kappa shape index (κ3) is 7.47. The average Bonchev–Trinajstić information content (AvgIpc) is 2.98. The Bertz CT molecular complexity index is 1630. The molecule has 7 heteroatoms. The van der Waals surface area contributed by atoms with Crippen LogP contribution in [0.3, 0.4) is 0 Å². The number of carbonyl (C=O) groups is 1. The van der Waals surface area contributed by atoms with Gasteiger partial charge in [0.25, 0.3) is 5.91 Å². The number of hydrogen-bond donors (Lipinski definition) is 2. The average molecular weight is 569 g/mol. The lowest BCUT2D eigenvalue weighted by Gasteiger charge is -2.27. The standard InChI is InChI=1S/C35H40N2O5/c1-23(2)13-14-25-21-27(16-18-31(25)40-6)33(38)37-29-22-26-15-17-30(24(3)32(26)42-34(29)39)41-20-10-19-36-35(4,5)28-11-8-7-9-12-28/h7-9,11-13,15-18,21-22,36H,10,14,19-20H2,1-6H3,(H,37,38). The van der Waals surface area contributed by atoms with Gasteiger partial charge in [0.1, 0.15) is 22.8 Å². The summed E-state index contributed by atoms with van der Waals surface area (Å²) in [5, 5.41) is 6.99. The molecule has 0 saturated carbocycles. The zero-order valence-corrected chi connectivity index (χ0v) is 25.3. The van der Waals surface area contributed by atoms with Gasteiger partial charge in [0.2, 0.25) is 0 Å². The molecule has 0 fully saturated rings. The molecular weight excluding hydrogens is 528 g/mol. The minimum Gasteiger partial charge on any atom is -0.496 e. The van der Waals surface area contributed by atoms with Crippen LogP contribution in [0.2, 0.25) is 0 Å². The molecule has 220 valence electrons. The molecule has 42 heavy (non-hydrogen) atoms. The number of benzene rings is 3. The summed E-state index contributed by atoms with van der Waals surface area (Å²) in [5.74, 6) is 0.963.